The van der Waals surface area contributed by atoms with Gasteiger partial charge in [-0.15, -0.1) is 0 Å². The van der Waals surface area contributed by atoms with Gasteiger partial charge in [-0.1, -0.05) is 31.7 Å². The van der Waals surface area contributed by atoms with E-state index in [4.69, 9.17) is 0 Å². The van der Waals surface area contributed by atoms with Gasteiger partial charge >= 0.3 is 0 Å². The first-order valence-corrected chi connectivity index (χ1v) is 5.62. The molecule has 3 heteroatoms. The third-order valence-electron chi connectivity index (χ3n) is 1.88. The summed E-state index contributed by atoms with van der Waals surface area (Å²) < 4.78 is 22.9. The molecule has 70 valence electrons. The van der Waals surface area contributed by atoms with Gasteiger partial charge in [0.25, 0.3) is 0 Å². The molecule has 0 N–H and O–H groups in total. The van der Waals surface area contributed by atoms with E-state index in [-0.39, 0.29) is 0 Å². The van der Waals surface area contributed by atoms with Gasteiger partial charge in [0.15, 0.2) is 9.84 Å². The number of benzene rings is 1. The predicted molar refractivity (Wildman–Crippen MR) is 53.2 cm³/mol. The van der Waals surface area contributed by atoms with Crippen molar-refractivity contribution >= 4 is 9.84 Å². The zero-order valence-electron chi connectivity index (χ0n) is 7.53. The van der Waals surface area contributed by atoms with Crippen LogP contribution in [0.5, 0.6) is 0 Å². The van der Waals surface area contributed by atoms with E-state index in [9.17, 15) is 8.42 Å². The highest BCUT2D eigenvalue weighted by molar-refractivity contribution is 7.94. The van der Waals surface area contributed by atoms with Crippen LogP contribution in [0.25, 0.3) is 0 Å². The fourth-order valence-corrected chi connectivity index (χ4v) is 2.19. The SMILES string of the molecule is C=CS(=O)(=O)c1ccccc1CC. The molecular formula is C10H12O2S. The van der Waals surface area contributed by atoms with Crippen LogP contribution in [0, 0.1) is 0 Å². The second kappa shape index (κ2) is 3.75. The number of hydrogen-bond donors (Lipinski definition) is 0. The number of hydrogen-bond acceptors (Lipinski definition) is 2. The Balaban J connectivity index is 3.37. The summed E-state index contributed by atoms with van der Waals surface area (Å²) in [5.41, 5.74) is 0.836. The van der Waals surface area contributed by atoms with Crippen LogP contribution in [0.15, 0.2) is 41.1 Å². The summed E-state index contributed by atoms with van der Waals surface area (Å²) in [6.07, 6.45) is 0.712. The summed E-state index contributed by atoms with van der Waals surface area (Å²) in [7, 11) is -3.28. The van der Waals surface area contributed by atoms with Gasteiger partial charge in [0.05, 0.1) is 4.90 Å². The molecular weight excluding hydrogens is 184 g/mol. The highest BCUT2D eigenvalue weighted by Gasteiger charge is 2.12. The molecule has 0 bridgehead atoms. The third-order valence-corrected chi connectivity index (χ3v) is 3.33. The smallest absolute Gasteiger partial charge is 0.199 e. The van der Waals surface area contributed by atoms with E-state index in [1.54, 1.807) is 12.1 Å². The Morgan fingerprint density at radius 2 is 2.00 bits per heavy atom. The molecule has 0 radical (unpaired) electrons. The fraction of sp³-hybridized carbons (Fsp3) is 0.200. The lowest BCUT2D eigenvalue weighted by Gasteiger charge is -2.04. The van der Waals surface area contributed by atoms with Crippen LogP contribution < -0.4 is 0 Å². The lowest BCUT2D eigenvalue weighted by Crippen LogP contribution is -1.99. The van der Waals surface area contributed by atoms with Crippen molar-refractivity contribution in [2.24, 2.45) is 0 Å². The van der Waals surface area contributed by atoms with E-state index in [0.717, 1.165) is 11.0 Å². The Kier molecular flexibility index (Phi) is 2.88. The molecule has 0 aliphatic rings. The normalized spacial score (nSPS) is 11.2. The van der Waals surface area contributed by atoms with Gasteiger partial charge in [0, 0.05) is 5.41 Å². The zero-order valence-corrected chi connectivity index (χ0v) is 8.34. The highest BCUT2D eigenvalue weighted by atomic mass is 32.2. The summed E-state index contributed by atoms with van der Waals surface area (Å²) in [6, 6.07) is 6.97. The molecule has 0 spiro atoms. The standard InChI is InChI=1S/C10H12O2S/c1-3-9-7-5-6-8-10(9)13(11,12)4-2/h4-8H,2-3H2,1H3. The largest absolute Gasteiger partial charge is 0.219 e. The maximum atomic E-state index is 11.5. The fourth-order valence-electron chi connectivity index (χ4n) is 1.16. The van der Waals surface area contributed by atoms with E-state index in [0.29, 0.717) is 11.3 Å². The van der Waals surface area contributed by atoms with Crippen molar-refractivity contribution in [2.75, 3.05) is 0 Å². The van der Waals surface area contributed by atoms with Crippen molar-refractivity contribution in [1.29, 1.82) is 0 Å². The van der Waals surface area contributed by atoms with E-state index in [1.165, 1.54) is 0 Å². The Bertz CT molecular complexity index is 405. The minimum atomic E-state index is -3.28. The zero-order chi connectivity index (χ0) is 9.90. The Morgan fingerprint density at radius 1 is 1.38 bits per heavy atom. The Morgan fingerprint density at radius 3 is 2.54 bits per heavy atom. The van der Waals surface area contributed by atoms with E-state index < -0.39 is 9.84 Å². The molecule has 2 nitrogen and oxygen atoms in total. The second-order valence-corrected chi connectivity index (χ2v) is 4.54. The van der Waals surface area contributed by atoms with Crippen LogP contribution in [0.3, 0.4) is 0 Å². The lowest BCUT2D eigenvalue weighted by molar-refractivity contribution is 0.603. The molecule has 0 amide bonds. The van der Waals surface area contributed by atoms with Gasteiger partial charge in [0.2, 0.25) is 0 Å². The second-order valence-electron chi connectivity index (χ2n) is 2.67. The van der Waals surface area contributed by atoms with E-state index in [2.05, 4.69) is 6.58 Å². The van der Waals surface area contributed by atoms with Crippen molar-refractivity contribution in [3.05, 3.63) is 41.8 Å². The van der Waals surface area contributed by atoms with Crippen molar-refractivity contribution in [3.8, 4) is 0 Å². The molecule has 0 unspecified atom stereocenters. The molecule has 0 aliphatic heterocycles. The van der Waals surface area contributed by atoms with E-state index in [1.807, 2.05) is 19.1 Å². The van der Waals surface area contributed by atoms with Gasteiger partial charge in [-0.25, -0.2) is 8.42 Å². The molecule has 0 heterocycles. The first-order chi connectivity index (χ1) is 6.11. The molecule has 0 aliphatic carbocycles. The number of aryl methyl sites for hydroxylation is 1. The molecule has 0 saturated carbocycles. The lowest BCUT2D eigenvalue weighted by atomic mass is 10.2. The summed E-state index contributed by atoms with van der Waals surface area (Å²) in [4.78, 5) is 0.368. The third kappa shape index (κ3) is 1.98. The molecule has 1 aromatic carbocycles. The molecule has 0 saturated heterocycles. The van der Waals surface area contributed by atoms with Gasteiger partial charge in [-0.05, 0) is 18.1 Å². The van der Waals surface area contributed by atoms with Crippen molar-refractivity contribution in [2.45, 2.75) is 18.2 Å². The van der Waals surface area contributed by atoms with Crippen LogP contribution >= 0.6 is 0 Å². The van der Waals surface area contributed by atoms with Gasteiger partial charge < -0.3 is 0 Å². The molecule has 1 rings (SSSR count). The summed E-state index contributed by atoms with van der Waals surface area (Å²) in [5, 5.41) is 0.988. The Labute approximate surface area is 78.8 Å². The van der Waals surface area contributed by atoms with Crippen LogP contribution in [-0.4, -0.2) is 8.42 Å². The molecule has 1 aromatic rings. The van der Waals surface area contributed by atoms with Crippen molar-refractivity contribution < 1.29 is 8.42 Å². The summed E-state index contributed by atoms with van der Waals surface area (Å²) >= 11 is 0. The molecule has 0 aromatic heterocycles. The topological polar surface area (TPSA) is 34.1 Å². The molecule has 0 atom stereocenters. The first-order valence-electron chi connectivity index (χ1n) is 4.07. The van der Waals surface area contributed by atoms with Gasteiger partial charge in [-0.2, -0.15) is 0 Å². The average molecular weight is 196 g/mol. The molecule has 0 fully saturated rings. The van der Waals surface area contributed by atoms with E-state index >= 15 is 0 Å². The highest BCUT2D eigenvalue weighted by Crippen LogP contribution is 2.17. The van der Waals surface area contributed by atoms with Gasteiger partial charge in [0.1, 0.15) is 0 Å². The first kappa shape index (κ1) is 9.99. The van der Waals surface area contributed by atoms with Crippen molar-refractivity contribution in [1.82, 2.24) is 0 Å². The monoisotopic (exact) mass is 196 g/mol. The summed E-state index contributed by atoms with van der Waals surface area (Å²) in [5.74, 6) is 0. The van der Waals surface area contributed by atoms with Crippen LogP contribution in [0.2, 0.25) is 0 Å². The quantitative estimate of drug-likeness (QED) is 0.742. The molecule has 13 heavy (non-hydrogen) atoms. The average Bonchev–Trinajstić information content (AvgIpc) is 2.18. The van der Waals surface area contributed by atoms with Gasteiger partial charge in [-0.3, -0.25) is 0 Å². The maximum Gasteiger partial charge on any atom is 0.199 e. The predicted octanol–water partition coefficient (Wildman–Crippen LogP) is 2.17. The minimum Gasteiger partial charge on any atom is -0.219 e. The summed E-state index contributed by atoms with van der Waals surface area (Å²) in [6.45, 7) is 5.22. The number of sulfone groups is 1. The van der Waals surface area contributed by atoms with Crippen LogP contribution in [0.4, 0.5) is 0 Å². The van der Waals surface area contributed by atoms with Crippen LogP contribution in [-0.2, 0) is 16.3 Å². The minimum absolute atomic E-state index is 0.368. The number of rotatable bonds is 3. The Hall–Kier alpha value is -1.09. The maximum absolute atomic E-state index is 11.5. The van der Waals surface area contributed by atoms with Crippen molar-refractivity contribution in [3.63, 3.8) is 0 Å². The van der Waals surface area contributed by atoms with Crippen LogP contribution in [0.1, 0.15) is 12.5 Å².